The number of carbonyl (C=O) groups is 2. The monoisotopic (exact) mass is 324 g/mol. The summed E-state index contributed by atoms with van der Waals surface area (Å²) in [5.74, 6) is -1.43. The molecular weight excluding hydrogens is 315 g/mol. The predicted molar refractivity (Wildman–Crippen MR) is 80.0 cm³/mol. The van der Waals surface area contributed by atoms with E-state index in [1.165, 1.54) is 12.3 Å². The van der Waals surface area contributed by atoms with Gasteiger partial charge in [-0.15, -0.1) is 0 Å². The van der Waals surface area contributed by atoms with Crippen LogP contribution in [0, 0.1) is 0 Å². The van der Waals surface area contributed by atoms with Crippen LogP contribution in [0.5, 0.6) is 0 Å². The molecule has 1 heterocycles. The number of amides is 1. The lowest BCUT2D eigenvalue weighted by molar-refractivity contribution is -0.136. The maximum absolute atomic E-state index is 12.1. The number of halogens is 2. The van der Waals surface area contributed by atoms with E-state index < -0.39 is 11.9 Å². The van der Waals surface area contributed by atoms with Gasteiger partial charge in [-0.3, -0.25) is 14.6 Å². The topological polar surface area (TPSA) is 79.3 Å². The molecule has 0 unspecified atom stereocenters. The van der Waals surface area contributed by atoms with Crippen LogP contribution in [-0.4, -0.2) is 22.0 Å². The summed E-state index contributed by atoms with van der Waals surface area (Å²) in [5, 5.41) is 11.7. The number of carboxylic acid groups (broad SMARTS) is 1. The molecule has 108 valence electrons. The fraction of sp³-hybridized carbons (Fsp3) is 0.0714. The third-order valence-electron chi connectivity index (χ3n) is 2.60. The van der Waals surface area contributed by atoms with Crippen LogP contribution < -0.4 is 5.32 Å². The Morgan fingerprint density at radius 2 is 1.81 bits per heavy atom. The van der Waals surface area contributed by atoms with Crippen molar-refractivity contribution in [3.63, 3.8) is 0 Å². The van der Waals surface area contributed by atoms with Crippen LogP contribution in [0.2, 0.25) is 10.0 Å². The average molecular weight is 325 g/mol. The maximum Gasteiger partial charge on any atom is 0.309 e. The molecule has 0 atom stereocenters. The molecule has 0 saturated heterocycles. The molecule has 0 aliphatic rings. The Labute approximate surface area is 130 Å². The molecule has 0 spiro atoms. The number of hydrogen-bond donors (Lipinski definition) is 2. The van der Waals surface area contributed by atoms with E-state index in [-0.39, 0.29) is 22.0 Å². The molecule has 2 aromatic rings. The first-order valence-electron chi connectivity index (χ1n) is 5.89. The third-order valence-corrected chi connectivity index (χ3v) is 3.23. The average Bonchev–Trinajstić information content (AvgIpc) is 2.40. The number of aliphatic carboxylic acids is 1. The quantitative estimate of drug-likeness (QED) is 0.904. The molecular formula is C14H10Cl2N2O3. The standard InChI is InChI=1S/C14H10Cl2N2O3/c15-10-2-1-3-11(16)13(10)14(21)18-9-5-4-8(17-7-9)6-12(19)20/h1-5,7H,6H2,(H,18,21)(H,19,20). The van der Waals surface area contributed by atoms with Crippen molar-refractivity contribution in [2.45, 2.75) is 6.42 Å². The SMILES string of the molecule is O=C(O)Cc1ccc(NC(=O)c2c(Cl)cccc2Cl)cn1. The number of carboxylic acids is 1. The molecule has 1 amide bonds. The van der Waals surface area contributed by atoms with Crippen LogP contribution in [0.3, 0.4) is 0 Å². The van der Waals surface area contributed by atoms with Crippen LogP contribution in [0.1, 0.15) is 16.1 Å². The highest BCUT2D eigenvalue weighted by Crippen LogP contribution is 2.25. The highest BCUT2D eigenvalue weighted by molar-refractivity contribution is 6.40. The van der Waals surface area contributed by atoms with E-state index in [0.717, 1.165) is 0 Å². The van der Waals surface area contributed by atoms with E-state index in [4.69, 9.17) is 28.3 Å². The number of nitrogens with one attached hydrogen (secondary N) is 1. The minimum atomic E-state index is -0.970. The van der Waals surface area contributed by atoms with Gasteiger partial charge in [0.25, 0.3) is 5.91 Å². The molecule has 0 aliphatic heterocycles. The fourth-order valence-corrected chi connectivity index (χ4v) is 2.24. The summed E-state index contributed by atoms with van der Waals surface area (Å²) in [6, 6.07) is 7.86. The lowest BCUT2D eigenvalue weighted by Crippen LogP contribution is -2.13. The summed E-state index contributed by atoms with van der Waals surface area (Å²) in [7, 11) is 0. The van der Waals surface area contributed by atoms with Crippen LogP contribution in [0.15, 0.2) is 36.5 Å². The van der Waals surface area contributed by atoms with Crippen molar-refractivity contribution in [2.75, 3.05) is 5.32 Å². The molecule has 0 aliphatic carbocycles. The fourth-order valence-electron chi connectivity index (χ4n) is 1.67. The lowest BCUT2D eigenvalue weighted by atomic mass is 10.2. The van der Waals surface area contributed by atoms with Crippen molar-refractivity contribution in [2.24, 2.45) is 0 Å². The zero-order chi connectivity index (χ0) is 15.4. The van der Waals surface area contributed by atoms with Gasteiger partial charge in [-0.05, 0) is 24.3 Å². The smallest absolute Gasteiger partial charge is 0.309 e. The third kappa shape index (κ3) is 3.93. The molecule has 2 rings (SSSR count). The molecule has 0 saturated carbocycles. The van der Waals surface area contributed by atoms with Crippen LogP contribution in [0.4, 0.5) is 5.69 Å². The first-order chi connectivity index (χ1) is 9.97. The zero-order valence-electron chi connectivity index (χ0n) is 10.6. The van der Waals surface area contributed by atoms with Gasteiger partial charge in [0.2, 0.25) is 0 Å². The molecule has 0 fully saturated rings. The normalized spacial score (nSPS) is 10.2. The van der Waals surface area contributed by atoms with E-state index in [2.05, 4.69) is 10.3 Å². The Morgan fingerprint density at radius 1 is 1.14 bits per heavy atom. The van der Waals surface area contributed by atoms with Crippen molar-refractivity contribution in [1.29, 1.82) is 0 Å². The van der Waals surface area contributed by atoms with E-state index in [9.17, 15) is 9.59 Å². The second kappa shape index (κ2) is 6.56. The Morgan fingerprint density at radius 3 is 2.33 bits per heavy atom. The second-order valence-corrected chi connectivity index (χ2v) is 4.97. The minimum absolute atomic E-state index is 0.176. The van der Waals surface area contributed by atoms with Crippen LogP contribution in [-0.2, 0) is 11.2 Å². The first kappa shape index (κ1) is 15.3. The first-order valence-corrected chi connectivity index (χ1v) is 6.65. The predicted octanol–water partition coefficient (Wildman–Crippen LogP) is 3.27. The number of carbonyl (C=O) groups excluding carboxylic acids is 1. The molecule has 2 N–H and O–H groups in total. The minimum Gasteiger partial charge on any atom is -0.481 e. The largest absolute Gasteiger partial charge is 0.481 e. The number of anilines is 1. The summed E-state index contributed by atoms with van der Waals surface area (Å²) in [4.78, 5) is 26.6. The molecule has 21 heavy (non-hydrogen) atoms. The van der Waals surface area contributed by atoms with Gasteiger partial charge < -0.3 is 10.4 Å². The molecule has 1 aromatic carbocycles. The Bertz CT molecular complexity index is 667. The van der Waals surface area contributed by atoms with Crippen molar-refractivity contribution < 1.29 is 14.7 Å². The maximum atomic E-state index is 12.1. The van der Waals surface area contributed by atoms with E-state index >= 15 is 0 Å². The van der Waals surface area contributed by atoms with E-state index in [1.807, 2.05) is 0 Å². The van der Waals surface area contributed by atoms with Gasteiger partial charge in [0.1, 0.15) is 0 Å². The zero-order valence-corrected chi connectivity index (χ0v) is 12.1. The van der Waals surface area contributed by atoms with Gasteiger partial charge in [0, 0.05) is 0 Å². The molecule has 1 aromatic heterocycles. The Kier molecular flexibility index (Phi) is 4.77. The Balaban J connectivity index is 2.14. The van der Waals surface area contributed by atoms with E-state index in [1.54, 1.807) is 24.3 Å². The van der Waals surface area contributed by atoms with Crippen molar-refractivity contribution in [3.8, 4) is 0 Å². The number of nitrogens with zero attached hydrogens (tertiary/aromatic N) is 1. The Hall–Kier alpha value is -2.11. The van der Waals surface area contributed by atoms with Gasteiger partial charge in [0.15, 0.2) is 0 Å². The second-order valence-electron chi connectivity index (χ2n) is 4.16. The van der Waals surface area contributed by atoms with Crippen LogP contribution >= 0.6 is 23.2 Å². The molecule has 7 heteroatoms. The van der Waals surface area contributed by atoms with Crippen LogP contribution in [0.25, 0.3) is 0 Å². The summed E-state index contributed by atoms with van der Waals surface area (Å²) < 4.78 is 0. The number of benzene rings is 1. The number of rotatable bonds is 4. The summed E-state index contributed by atoms with van der Waals surface area (Å²) in [6.07, 6.45) is 1.20. The highest BCUT2D eigenvalue weighted by atomic mass is 35.5. The summed E-state index contributed by atoms with van der Waals surface area (Å²) in [5.41, 5.74) is 0.997. The van der Waals surface area contributed by atoms with Gasteiger partial charge in [-0.25, -0.2) is 0 Å². The van der Waals surface area contributed by atoms with Crippen molar-refractivity contribution >= 4 is 40.8 Å². The summed E-state index contributed by atoms with van der Waals surface area (Å²) >= 11 is 11.9. The van der Waals surface area contributed by atoms with Gasteiger partial charge in [-0.2, -0.15) is 0 Å². The number of hydrogen-bond acceptors (Lipinski definition) is 3. The summed E-state index contributed by atoms with van der Waals surface area (Å²) in [6.45, 7) is 0. The lowest BCUT2D eigenvalue weighted by Gasteiger charge is -2.08. The highest BCUT2D eigenvalue weighted by Gasteiger charge is 2.14. The van der Waals surface area contributed by atoms with Crippen molar-refractivity contribution in [1.82, 2.24) is 4.98 Å². The van der Waals surface area contributed by atoms with E-state index in [0.29, 0.717) is 11.4 Å². The molecule has 0 bridgehead atoms. The molecule has 0 radical (unpaired) electrons. The van der Waals surface area contributed by atoms with Gasteiger partial charge in [0.05, 0.1) is 39.6 Å². The number of pyridine rings is 1. The molecule has 5 nitrogen and oxygen atoms in total. The van der Waals surface area contributed by atoms with Crippen molar-refractivity contribution in [3.05, 3.63) is 57.8 Å². The van der Waals surface area contributed by atoms with Gasteiger partial charge in [-0.1, -0.05) is 29.3 Å². The number of aromatic nitrogens is 1. The van der Waals surface area contributed by atoms with Gasteiger partial charge >= 0.3 is 5.97 Å².